The van der Waals surface area contributed by atoms with Crippen LogP contribution in [-0.2, 0) is 9.26 Å². The van der Waals surface area contributed by atoms with Crippen LogP contribution in [-0.4, -0.2) is 32.0 Å². The van der Waals surface area contributed by atoms with Crippen LogP contribution in [0, 0.1) is 0 Å². The Hall–Kier alpha value is 0.310. The number of nitrogens with two attached hydrogens (primary N) is 1. The lowest BCUT2D eigenvalue weighted by Crippen LogP contribution is -2.26. The first-order chi connectivity index (χ1) is 5.16. The lowest BCUT2D eigenvalue weighted by Gasteiger charge is -2.13. The van der Waals surface area contributed by atoms with Crippen molar-refractivity contribution in [1.29, 1.82) is 0 Å². The minimum Gasteiger partial charge on any atom is -0.375 e. The molecule has 0 bridgehead atoms. The smallest absolute Gasteiger partial charge is 0.0784 e. The van der Waals surface area contributed by atoms with E-state index >= 15 is 0 Å². The SMILES string of the molecule is CPOCC(C)OCC(C)N. The lowest BCUT2D eigenvalue weighted by molar-refractivity contribution is 0.0310. The van der Waals surface area contributed by atoms with Gasteiger partial charge in [0.05, 0.1) is 19.3 Å². The van der Waals surface area contributed by atoms with Gasteiger partial charge in [-0.25, -0.2) is 0 Å². The van der Waals surface area contributed by atoms with Crippen LogP contribution in [0.2, 0.25) is 0 Å². The zero-order valence-corrected chi connectivity index (χ0v) is 8.46. The maximum absolute atomic E-state index is 5.51. The van der Waals surface area contributed by atoms with E-state index in [1.54, 1.807) is 0 Å². The zero-order valence-electron chi connectivity index (χ0n) is 7.46. The van der Waals surface area contributed by atoms with Crippen LogP contribution < -0.4 is 5.73 Å². The van der Waals surface area contributed by atoms with Crippen LogP contribution >= 0.6 is 8.81 Å². The maximum atomic E-state index is 5.51. The number of hydrogen-bond acceptors (Lipinski definition) is 3. The van der Waals surface area contributed by atoms with Gasteiger partial charge in [-0.3, -0.25) is 0 Å². The van der Waals surface area contributed by atoms with Crippen LogP contribution in [0.4, 0.5) is 0 Å². The van der Waals surface area contributed by atoms with Crippen molar-refractivity contribution in [2.24, 2.45) is 5.73 Å². The normalized spacial score (nSPS) is 17.5. The van der Waals surface area contributed by atoms with E-state index < -0.39 is 0 Å². The molecule has 11 heavy (non-hydrogen) atoms. The topological polar surface area (TPSA) is 44.5 Å². The Morgan fingerprint density at radius 2 is 2.00 bits per heavy atom. The van der Waals surface area contributed by atoms with E-state index in [0.717, 1.165) is 0 Å². The second-order valence-corrected chi connectivity index (χ2v) is 3.33. The molecule has 4 heteroatoms. The molecule has 0 rings (SSSR count). The van der Waals surface area contributed by atoms with Crippen LogP contribution in [0.5, 0.6) is 0 Å². The monoisotopic (exact) mass is 179 g/mol. The van der Waals surface area contributed by atoms with Gasteiger partial charge in [0.1, 0.15) is 0 Å². The Morgan fingerprint density at radius 1 is 1.36 bits per heavy atom. The minimum atomic E-state index is 0.113. The molecule has 0 aliphatic rings. The van der Waals surface area contributed by atoms with Gasteiger partial charge in [-0.15, -0.1) is 0 Å². The van der Waals surface area contributed by atoms with E-state index in [0.29, 0.717) is 22.0 Å². The molecule has 0 spiro atoms. The molecule has 0 radical (unpaired) electrons. The molecule has 2 N–H and O–H groups in total. The standard InChI is InChI=1S/C7H18NO2P/c1-6(8)4-9-7(2)5-10-11-3/h6-7,11H,4-5,8H2,1-3H3. The predicted octanol–water partition coefficient (Wildman–Crippen LogP) is 0.979. The molecule has 3 nitrogen and oxygen atoms in total. The molecular formula is C7H18NO2P. The molecule has 0 aromatic heterocycles. The molecule has 0 heterocycles. The second-order valence-electron chi connectivity index (χ2n) is 2.64. The van der Waals surface area contributed by atoms with Crippen LogP contribution in [0.3, 0.4) is 0 Å². The van der Waals surface area contributed by atoms with Gasteiger partial charge >= 0.3 is 0 Å². The van der Waals surface area contributed by atoms with Crippen molar-refractivity contribution in [3.8, 4) is 0 Å². The fourth-order valence-corrected chi connectivity index (χ4v) is 0.966. The fraction of sp³-hybridized carbons (Fsp3) is 1.00. The minimum absolute atomic E-state index is 0.113. The van der Waals surface area contributed by atoms with Gasteiger partial charge in [-0.2, -0.15) is 0 Å². The van der Waals surface area contributed by atoms with E-state index in [2.05, 4.69) is 0 Å². The summed E-state index contributed by atoms with van der Waals surface area (Å²) in [6, 6.07) is 0.113. The Labute approximate surface area is 70.5 Å². The van der Waals surface area contributed by atoms with Gasteiger partial charge in [0, 0.05) is 14.8 Å². The average Bonchev–Trinajstić information content (AvgIpc) is 1.97. The van der Waals surface area contributed by atoms with Crippen molar-refractivity contribution in [3.05, 3.63) is 0 Å². The van der Waals surface area contributed by atoms with Crippen molar-refractivity contribution in [2.75, 3.05) is 19.9 Å². The van der Waals surface area contributed by atoms with Gasteiger partial charge in [0.15, 0.2) is 0 Å². The summed E-state index contributed by atoms with van der Waals surface area (Å²) < 4.78 is 10.5. The van der Waals surface area contributed by atoms with Crippen molar-refractivity contribution >= 4 is 8.81 Å². The van der Waals surface area contributed by atoms with E-state index in [1.165, 1.54) is 0 Å². The van der Waals surface area contributed by atoms with Crippen LogP contribution in [0.15, 0.2) is 0 Å². The molecule has 0 saturated heterocycles. The summed E-state index contributed by atoms with van der Waals surface area (Å²) in [5.41, 5.74) is 5.51. The van der Waals surface area contributed by atoms with E-state index in [1.807, 2.05) is 20.5 Å². The highest BCUT2D eigenvalue weighted by Crippen LogP contribution is 2.05. The van der Waals surface area contributed by atoms with Crippen molar-refractivity contribution in [3.63, 3.8) is 0 Å². The highest BCUT2D eigenvalue weighted by atomic mass is 31.1. The molecule has 0 fully saturated rings. The first-order valence-electron chi connectivity index (χ1n) is 3.82. The van der Waals surface area contributed by atoms with Gasteiger partial charge in [0.25, 0.3) is 0 Å². The largest absolute Gasteiger partial charge is 0.375 e. The third-order valence-corrected chi connectivity index (χ3v) is 1.56. The first-order valence-corrected chi connectivity index (χ1v) is 5.23. The first kappa shape index (κ1) is 11.3. The Bertz CT molecular complexity index is 90.5. The molecule has 0 aromatic rings. The third kappa shape index (κ3) is 8.21. The Kier molecular flexibility index (Phi) is 7.18. The van der Waals surface area contributed by atoms with Gasteiger partial charge in [-0.1, -0.05) is 0 Å². The molecule has 68 valence electrons. The molecule has 0 amide bonds. The predicted molar refractivity (Wildman–Crippen MR) is 49.3 cm³/mol. The molecule has 0 aromatic carbocycles. The average molecular weight is 179 g/mol. The Morgan fingerprint density at radius 3 is 2.45 bits per heavy atom. The highest BCUT2D eigenvalue weighted by molar-refractivity contribution is 7.31. The van der Waals surface area contributed by atoms with Gasteiger partial charge in [-0.05, 0) is 20.5 Å². The molecule has 0 saturated carbocycles. The van der Waals surface area contributed by atoms with Crippen molar-refractivity contribution < 1.29 is 9.26 Å². The highest BCUT2D eigenvalue weighted by Gasteiger charge is 2.02. The molecule has 0 aliphatic carbocycles. The molecule has 0 aliphatic heterocycles. The van der Waals surface area contributed by atoms with E-state index in [-0.39, 0.29) is 12.1 Å². The van der Waals surface area contributed by atoms with Crippen LogP contribution in [0.25, 0.3) is 0 Å². The molecule has 3 unspecified atom stereocenters. The van der Waals surface area contributed by atoms with Crippen molar-refractivity contribution in [2.45, 2.75) is 26.0 Å². The summed E-state index contributed by atoms with van der Waals surface area (Å²) in [4.78, 5) is 0. The summed E-state index contributed by atoms with van der Waals surface area (Å²) in [6.45, 7) is 7.19. The summed E-state index contributed by atoms with van der Waals surface area (Å²) >= 11 is 0. The summed E-state index contributed by atoms with van der Waals surface area (Å²) in [7, 11) is 0.538. The van der Waals surface area contributed by atoms with Gasteiger partial charge in [0.2, 0.25) is 0 Å². The lowest BCUT2D eigenvalue weighted by atomic mass is 10.4. The third-order valence-electron chi connectivity index (χ3n) is 1.11. The van der Waals surface area contributed by atoms with E-state index in [4.69, 9.17) is 15.0 Å². The van der Waals surface area contributed by atoms with Crippen LogP contribution in [0.1, 0.15) is 13.8 Å². The molecular weight excluding hydrogens is 161 g/mol. The summed E-state index contributed by atoms with van der Waals surface area (Å²) in [6.07, 6.45) is 0.161. The van der Waals surface area contributed by atoms with Crippen molar-refractivity contribution in [1.82, 2.24) is 0 Å². The quantitative estimate of drug-likeness (QED) is 0.618. The summed E-state index contributed by atoms with van der Waals surface area (Å²) in [5, 5.41) is 0. The van der Waals surface area contributed by atoms with Gasteiger partial charge < -0.3 is 15.0 Å². The zero-order chi connectivity index (χ0) is 8.69. The fourth-order valence-electron chi connectivity index (χ4n) is 0.565. The Balaban J connectivity index is 3.15. The molecule has 3 atom stereocenters. The van der Waals surface area contributed by atoms with E-state index in [9.17, 15) is 0 Å². The second kappa shape index (κ2) is 6.99. The number of ether oxygens (including phenoxy) is 1. The number of hydrogen-bond donors (Lipinski definition) is 1. The summed E-state index contributed by atoms with van der Waals surface area (Å²) in [5.74, 6) is 0. The number of rotatable bonds is 6. The maximum Gasteiger partial charge on any atom is 0.0784 e.